The Balaban J connectivity index is 0.00000168. The number of anilines is 1. The lowest BCUT2D eigenvalue weighted by molar-refractivity contribution is -0.123. The number of carbonyl (C=O) groups excluding carboxylic acids is 1. The molecule has 5 aromatic rings. The summed E-state index contributed by atoms with van der Waals surface area (Å²) in [5.74, 6) is 0.335. The molecule has 1 saturated heterocycles. The second-order valence-electron chi connectivity index (χ2n) is 8.77. The van der Waals surface area contributed by atoms with E-state index in [4.69, 9.17) is 0 Å². The molecule has 0 spiro atoms. The van der Waals surface area contributed by atoms with Crippen LogP contribution in [0.15, 0.2) is 54.4 Å². The Morgan fingerprint density at radius 3 is 3.06 bits per heavy atom. The van der Waals surface area contributed by atoms with Crippen LogP contribution >= 0.6 is 11.3 Å². The third-order valence-electron chi connectivity index (χ3n) is 6.37. The van der Waals surface area contributed by atoms with E-state index in [2.05, 4.69) is 35.6 Å². The highest BCUT2D eigenvalue weighted by molar-refractivity contribution is 7.16. The van der Waals surface area contributed by atoms with Crippen molar-refractivity contribution in [3.8, 4) is 5.69 Å². The minimum Gasteiger partial charge on any atom is -0.353 e. The highest BCUT2D eigenvalue weighted by Crippen LogP contribution is 2.25. The number of hydrogen-bond acceptors (Lipinski definition) is 8. The lowest BCUT2D eigenvalue weighted by atomic mass is 10.1. The zero-order valence-electron chi connectivity index (χ0n) is 19.5. The van der Waals surface area contributed by atoms with Crippen molar-refractivity contribution in [3.05, 3.63) is 71.4 Å². The topological polar surface area (TPSA) is 101 Å². The molecule has 6 rings (SSSR count). The Morgan fingerprint density at radius 1 is 1.25 bits per heavy atom. The van der Waals surface area contributed by atoms with Gasteiger partial charge in [0.1, 0.15) is 24.0 Å². The molecule has 2 N–H and O–H groups in total. The number of aromatic nitrogens is 5. The van der Waals surface area contributed by atoms with Crippen molar-refractivity contribution in [1.82, 2.24) is 35.4 Å². The van der Waals surface area contributed by atoms with Crippen LogP contribution in [0, 0.1) is 12.7 Å². The van der Waals surface area contributed by atoms with Crippen molar-refractivity contribution in [2.45, 2.75) is 19.5 Å². The van der Waals surface area contributed by atoms with Gasteiger partial charge in [-0.05, 0) is 42.3 Å². The van der Waals surface area contributed by atoms with Crippen LogP contribution in [0.3, 0.4) is 0 Å². The number of carbonyl (C=O) groups is 1. The van der Waals surface area contributed by atoms with Crippen molar-refractivity contribution >= 4 is 44.3 Å². The van der Waals surface area contributed by atoms with Crippen LogP contribution in [0.25, 0.3) is 26.9 Å². The quantitative estimate of drug-likeness (QED) is 0.377. The molecule has 1 atom stereocenters. The summed E-state index contributed by atoms with van der Waals surface area (Å²) in [6, 6.07) is 10.6. The molecule has 1 aliphatic heterocycles. The summed E-state index contributed by atoms with van der Waals surface area (Å²) in [4.78, 5) is 28.2. The summed E-state index contributed by atoms with van der Waals surface area (Å²) in [5.41, 5.74) is 5.46. The molecule has 1 fully saturated rings. The molecule has 9 nitrogen and oxygen atoms in total. The highest BCUT2D eigenvalue weighted by atomic mass is 32.1. The second kappa shape index (κ2) is 9.25. The molecule has 4 heterocycles. The first-order valence-corrected chi connectivity index (χ1v) is 12.5. The Bertz CT molecular complexity index is 1590. The zero-order valence-corrected chi connectivity index (χ0v) is 20.3. The van der Waals surface area contributed by atoms with E-state index in [1.54, 1.807) is 35.2 Å². The molecule has 0 unspecified atom stereocenters. The minimum atomic E-state index is -0.395. The molecule has 186 valence electrons. The summed E-state index contributed by atoms with van der Waals surface area (Å²) in [7, 11) is 0. The van der Waals surface area contributed by atoms with Gasteiger partial charge in [0, 0.05) is 35.2 Å². The molecule has 11 heteroatoms. The predicted octanol–water partition coefficient (Wildman–Crippen LogP) is 3.46. The molecule has 0 saturated carbocycles. The van der Waals surface area contributed by atoms with Crippen LogP contribution in [-0.4, -0.2) is 56.3 Å². The van der Waals surface area contributed by atoms with Gasteiger partial charge in [-0.25, -0.2) is 24.0 Å². The molecule has 0 radical (unpaired) electrons. The molecule has 3 aromatic heterocycles. The fraction of sp³-hybridized carbons (Fsp3) is 0.240. The van der Waals surface area contributed by atoms with Crippen molar-refractivity contribution < 1.29 is 12.0 Å². The number of nitrogens with one attached hydrogen (secondary N) is 2. The molecule has 0 aliphatic carbocycles. The van der Waals surface area contributed by atoms with Crippen LogP contribution in [0.1, 0.15) is 14.0 Å². The third-order valence-corrected chi connectivity index (χ3v) is 7.18. The number of rotatable bonds is 5. The Kier molecular flexibility index (Phi) is 5.78. The van der Waals surface area contributed by atoms with Gasteiger partial charge in [0.2, 0.25) is 5.91 Å². The standard InChI is InChI=1S/C25H23FN8OS.2H2/c1-15-2-4-17(9-19(15)26)34-11-18-23(32-34)29-13-30-24(18)33-7-6-27-21(12-33)25(35)28-10-16-3-5-22-20(8-16)31-14-36-22;;/h2-5,8-9,11,13-14,21,27H,6-7,10,12H2,1H3,(H,28,35);2*1H/t21-;;/m1../s1. The summed E-state index contributed by atoms with van der Waals surface area (Å²) < 4.78 is 16.8. The summed E-state index contributed by atoms with van der Waals surface area (Å²) in [5, 5.41) is 11.6. The first kappa shape index (κ1) is 22.5. The molecular formula is C25H27FN8OS. The summed E-state index contributed by atoms with van der Waals surface area (Å²) >= 11 is 1.60. The lowest BCUT2D eigenvalue weighted by Crippen LogP contribution is -2.57. The van der Waals surface area contributed by atoms with Crippen LogP contribution in [-0.2, 0) is 11.3 Å². The monoisotopic (exact) mass is 506 g/mol. The van der Waals surface area contributed by atoms with E-state index in [0.29, 0.717) is 48.9 Å². The van der Waals surface area contributed by atoms with Gasteiger partial charge in [-0.15, -0.1) is 16.4 Å². The number of thiazole rings is 1. The predicted molar refractivity (Wildman–Crippen MR) is 141 cm³/mol. The number of aryl methyl sites for hydroxylation is 1. The highest BCUT2D eigenvalue weighted by Gasteiger charge is 2.27. The lowest BCUT2D eigenvalue weighted by Gasteiger charge is -2.33. The van der Waals surface area contributed by atoms with Gasteiger partial charge < -0.3 is 15.5 Å². The van der Waals surface area contributed by atoms with Crippen molar-refractivity contribution in [3.63, 3.8) is 0 Å². The van der Waals surface area contributed by atoms with Crippen LogP contribution in [0.2, 0.25) is 0 Å². The molecule has 1 aliphatic rings. The first-order chi connectivity index (χ1) is 17.5. The molecule has 1 amide bonds. The van der Waals surface area contributed by atoms with E-state index in [0.717, 1.165) is 21.2 Å². The number of amides is 1. The maximum absolute atomic E-state index is 14.1. The summed E-state index contributed by atoms with van der Waals surface area (Å²) in [6.45, 7) is 3.92. The SMILES string of the molecule is Cc1ccc(-n2cc3c(N4CCN[C@@H](C(=O)NCc5ccc6scnc6c5)C4)ncnc3n2)cc1F.[HH].[HH]. The maximum Gasteiger partial charge on any atom is 0.239 e. The van der Waals surface area contributed by atoms with E-state index in [9.17, 15) is 9.18 Å². The number of nitrogens with zero attached hydrogens (tertiary/aromatic N) is 6. The number of benzene rings is 2. The number of fused-ring (bicyclic) bond motifs is 2. The Labute approximate surface area is 213 Å². The largest absolute Gasteiger partial charge is 0.353 e. The van der Waals surface area contributed by atoms with E-state index in [1.807, 2.05) is 29.8 Å². The molecular weight excluding hydrogens is 479 g/mol. The first-order valence-electron chi connectivity index (χ1n) is 11.6. The van der Waals surface area contributed by atoms with Crippen LogP contribution in [0.4, 0.5) is 10.2 Å². The average Bonchev–Trinajstić information content (AvgIpc) is 3.55. The van der Waals surface area contributed by atoms with Gasteiger partial charge in [0.25, 0.3) is 0 Å². The maximum atomic E-state index is 14.1. The van der Waals surface area contributed by atoms with Gasteiger partial charge in [-0.2, -0.15) is 0 Å². The van der Waals surface area contributed by atoms with Crippen LogP contribution in [0.5, 0.6) is 0 Å². The minimum absolute atomic E-state index is 0. The third kappa shape index (κ3) is 4.27. The van der Waals surface area contributed by atoms with Crippen molar-refractivity contribution in [2.75, 3.05) is 24.5 Å². The van der Waals surface area contributed by atoms with Gasteiger partial charge in [-0.1, -0.05) is 12.1 Å². The normalized spacial score (nSPS) is 16.1. The summed E-state index contributed by atoms with van der Waals surface area (Å²) in [6.07, 6.45) is 3.27. The second-order valence-corrected chi connectivity index (χ2v) is 9.65. The van der Waals surface area contributed by atoms with Gasteiger partial charge in [0.05, 0.1) is 26.8 Å². The van der Waals surface area contributed by atoms with E-state index < -0.39 is 6.04 Å². The van der Waals surface area contributed by atoms with E-state index in [1.165, 1.54) is 12.4 Å². The van der Waals surface area contributed by atoms with Crippen molar-refractivity contribution in [1.29, 1.82) is 0 Å². The Hall–Kier alpha value is -3.96. The molecule has 2 aromatic carbocycles. The Morgan fingerprint density at radius 2 is 2.17 bits per heavy atom. The molecule has 0 bridgehead atoms. The van der Waals surface area contributed by atoms with E-state index in [-0.39, 0.29) is 14.6 Å². The fourth-order valence-electron chi connectivity index (χ4n) is 4.38. The zero-order chi connectivity index (χ0) is 24.6. The fourth-order valence-corrected chi connectivity index (χ4v) is 5.04. The smallest absolute Gasteiger partial charge is 0.239 e. The van der Waals surface area contributed by atoms with Gasteiger partial charge in [0.15, 0.2) is 5.65 Å². The molecule has 36 heavy (non-hydrogen) atoms. The van der Waals surface area contributed by atoms with Crippen molar-refractivity contribution in [2.24, 2.45) is 0 Å². The van der Waals surface area contributed by atoms with E-state index >= 15 is 0 Å². The van der Waals surface area contributed by atoms with Gasteiger partial charge in [-0.3, -0.25) is 4.79 Å². The number of piperazine rings is 1. The average molecular weight is 507 g/mol. The van der Waals surface area contributed by atoms with Crippen LogP contribution < -0.4 is 15.5 Å². The van der Waals surface area contributed by atoms with Gasteiger partial charge >= 0.3 is 0 Å². The number of halogens is 1. The number of hydrogen-bond donors (Lipinski definition) is 2.